The van der Waals surface area contributed by atoms with E-state index in [4.69, 9.17) is 19.6 Å². The molecule has 0 saturated heterocycles. The molecule has 1 aliphatic heterocycles. The molecule has 37 heavy (non-hydrogen) atoms. The van der Waals surface area contributed by atoms with E-state index in [1.54, 1.807) is 18.3 Å². The Morgan fingerprint density at radius 1 is 1.11 bits per heavy atom. The molecule has 188 valence electrons. The third-order valence-corrected chi connectivity index (χ3v) is 7.71. The molecule has 0 atom stereocenters. The minimum Gasteiger partial charge on any atom is -0.454 e. The third kappa shape index (κ3) is 4.12. The van der Waals surface area contributed by atoms with E-state index < -0.39 is 10.0 Å². The first kappa shape index (κ1) is 23.5. The number of nitrogens with one attached hydrogen (secondary N) is 2. The van der Waals surface area contributed by atoms with E-state index in [1.807, 2.05) is 48.7 Å². The van der Waals surface area contributed by atoms with Gasteiger partial charge in [-0.15, -0.1) is 0 Å². The molecule has 6 rings (SSSR count). The molecule has 1 aliphatic rings. The number of aromatic amines is 1. The Labute approximate surface area is 220 Å². The molecule has 0 spiro atoms. The highest BCUT2D eigenvalue weighted by atomic mass is 79.9. The van der Waals surface area contributed by atoms with Crippen molar-refractivity contribution in [2.45, 2.75) is 18.7 Å². The predicted molar refractivity (Wildman–Crippen MR) is 143 cm³/mol. The first-order valence-electron chi connectivity index (χ1n) is 11.2. The van der Waals surface area contributed by atoms with Crippen LogP contribution in [0, 0.1) is 13.8 Å². The Balaban J connectivity index is 1.42. The monoisotopic (exact) mass is 580 g/mol. The van der Waals surface area contributed by atoms with E-state index in [-0.39, 0.29) is 11.7 Å². The summed E-state index contributed by atoms with van der Waals surface area (Å²) in [5.74, 6) is 2.01. The van der Waals surface area contributed by atoms with Crippen LogP contribution in [0.25, 0.3) is 28.2 Å². The highest BCUT2D eigenvalue weighted by molar-refractivity contribution is 9.10. The molecule has 4 heterocycles. The topological polar surface area (TPSA) is 137 Å². The average molecular weight is 581 g/mol. The molecule has 0 fully saturated rings. The Kier molecular flexibility index (Phi) is 5.48. The molecule has 0 radical (unpaired) electrons. The van der Waals surface area contributed by atoms with Crippen LogP contribution in [0.5, 0.6) is 11.5 Å². The molecule has 5 aromatic rings. The maximum absolute atomic E-state index is 11.9. The predicted octanol–water partition coefficient (Wildman–Crippen LogP) is 4.91. The van der Waals surface area contributed by atoms with Gasteiger partial charge in [0.05, 0.1) is 15.1 Å². The van der Waals surface area contributed by atoms with Crippen LogP contribution in [-0.4, -0.2) is 34.7 Å². The van der Waals surface area contributed by atoms with Crippen molar-refractivity contribution in [1.82, 2.24) is 19.5 Å². The molecular weight excluding hydrogens is 560 g/mol. The number of aromatic nitrogens is 4. The van der Waals surface area contributed by atoms with E-state index >= 15 is 0 Å². The zero-order chi connectivity index (χ0) is 25.9. The SMILES string of the molecule is Cc1cc(-c2nc3c(Nc4ccc5c(c4)OCO5)c(Br)cnc3[nH]2)c(C)n1-c1cccc(S(N)(=O)=O)c1. The summed E-state index contributed by atoms with van der Waals surface area (Å²) in [7, 11) is -3.83. The van der Waals surface area contributed by atoms with Gasteiger partial charge in [0.25, 0.3) is 0 Å². The summed E-state index contributed by atoms with van der Waals surface area (Å²) in [6, 6.07) is 14.2. The largest absolute Gasteiger partial charge is 0.454 e. The fraction of sp³-hybridized carbons (Fsp3) is 0.120. The number of benzene rings is 2. The fourth-order valence-electron chi connectivity index (χ4n) is 4.50. The quantitative estimate of drug-likeness (QED) is 0.268. The minimum absolute atomic E-state index is 0.0519. The number of pyridine rings is 1. The number of hydrogen-bond donors (Lipinski definition) is 3. The number of anilines is 2. The lowest BCUT2D eigenvalue weighted by molar-refractivity contribution is 0.174. The van der Waals surface area contributed by atoms with Gasteiger partial charge >= 0.3 is 0 Å². The molecule has 0 aliphatic carbocycles. The van der Waals surface area contributed by atoms with Gasteiger partial charge in [-0.2, -0.15) is 0 Å². The van der Waals surface area contributed by atoms with Crippen molar-refractivity contribution >= 4 is 48.5 Å². The number of hydrogen-bond acceptors (Lipinski definition) is 7. The molecular formula is C25H21BrN6O4S. The van der Waals surface area contributed by atoms with Crippen LogP contribution in [0.3, 0.4) is 0 Å². The minimum atomic E-state index is -3.83. The lowest BCUT2D eigenvalue weighted by atomic mass is 10.2. The molecule has 10 nitrogen and oxygen atoms in total. The van der Waals surface area contributed by atoms with E-state index in [2.05, 4.69) is 31.2 Å². The summed E-state index contributed by atoms with van der Waals surface area (Å²) < 4.78 is 37.4. The second kappa shape index (κ2) is 8.61. The van der Waals surface area contributed by atoms with Crippen LogP contribution >= 0.6 is 15.9 Å². The van der Waals surface area contributed by atoms with Gasteiger partial charge in [-0.3, -0.25) is 0 Å². The van der Waals surface area contributed by atoms with Crippen molar-refractivity contribution < 1.29 is 17.9 Å². The summed E-state index contributed by atoms with van der Waals surface area (Å²) in [6.07, 6.45) is 1.71. The number of rotatable bonds is 5. The number of fused-ring (bicyclic) bond motifs is 2. The Bertz CT molecular complexity index is 1810. The normalized spacial score (nSPS) is 12.9. The number of ether oxygens (including phenoxy) is 2. The average Bonchev–Trinajstić information content (AvgIpc) is 3.57. The van der Waals surface area contributed by atoms with Crippen LogP contribution in [0.1, 0.15) is 11.4 Å². The van der Waals surface area contributed by atoms with E-state index in [9.17, 15) is 8.42 Å². The number of H-pyrrole nitrogens is 1. The molecule has 0 amide bonds. The van der Waals surface area contributed by atoms with Gasteiger partial charge in [0.1, 0.15) is 11.3 Å². The highest BCUT2D eigenvalue weighted by Gasteiger charge is 2.20. The number of imidazole rings is 1. The molecule has 12 heteroatoms. The van der Waals surface area contributed by atoms with Crippen molar-refractivity contribution in [2.24, 2.45) is 5.14 Å². The molecule has 3 aromatic heterocycles. The lowest BCUT2D eigenvalue weighted by Gasteiger charge is -2.11. The maximum Gasteiger partial charge on any atom is 0.238 e. The van der Waals surface area contributed by atoms with Gasteiger partial charge in [-0.25, -0.2) is 23.5 Å². The third-order valence-electron chi connectivity index (χ3n) is 6.20. The van der Waals surface area contributed by atoms with E-state index in [1.165, 1.54) is 6.07 Å². The van der Waals surface area contributed by atoms with Crippen molar-refractivity contribution in [2.75, 3.05) is 12.1 Å². The number of primary sulfonamides is 1. The van der Waals surface area contributed by atoms with Crippen LogP contribution in [0.15, 0.2) is 64.1 Å². The van der Waals surface area contributed by atoms with Gasteiger partial charge in [-0.1, -0.05) is 6.07 Å². The van der Waals surface area contributed by atoms with Crippen LogP contribution < -0.4 is 19.9 Å². The summed E-state index contributed by atoms with van der Waals surface area (Å²) in [5, 5.41) is 8.75. The van der Waals surface area contributed by atoms with Crippen LogP contribution in [-0.2, 0) is 10.0 Å². The fourth-order valence-corrected chi connectivity index (χ4v) is 5.44. The highest BCUT2D eigenvalue weighted by Crippen LogP contribution is 2.38. The van der Waals surface area contributed by atoms with Gasteiger partial charge < -0.3 is 24.3 Å². The summed E-state index contributed by atoms with van der Waals surface area (Å²) in [4.78, 5) is 12.8. The standard InChI is InChI=1S/C25H21BrN6O4S/c1-13-8-18(14(2)32(13)16-4-3-5-17(10-16)37(27,33)34)24-30-23-22(19(26)11-28-25(23)31-24)29-15-6-7-20-21(9-15)36-12-35-20/h3-11H,12H2,1-2H3,(H2,27,33,34)(H2,28,29,30,31). The Morgan fingerprint density at radius 3 is 2.73 bits per heavy atom. The number of halogens is 1. The number of sulfonamides is 1. The number of nitrogens with two attached hydrogens (primary N) is 1. The van der Waals surface area contributed by atoms with Crippen LogP contribution in [0.4, 0.5) is 11.4 Å². The number of aryl methyl sites for hydroxylation is 1. The van der Waals surface area contributed by atoms with E-state index in [0.717, 1.165) is 32.8 Å². The summed E-state index contributed by atoms with van der Waals surface area (Å²) in [5.41, 5.74) is 6.18. The van der Waals surface area contributed by atoms with Crippen molar-refractivity contribution in [3.05, 3.63) is 70.6 Å². The Hall–Kier alpha value is -3.87. The molecule has 2 aromatic carbocycles. The number of nitrogens with zero attached hydrogens (tertiary/aromatic N) is 3. The van der Waals surface area contributed by atoms with Gasteiger partial charge in [0.15, 0.2) is 17.1 Å². The van der Waals surface area contributed by atoms with Crippen molar-refractivity contribution in [3.63, 3.8) is 0 Å². The maximum atomic E-state index is 11.9. The molecule has 0 bridgehead atoms. The Morgan fingerprint density at radius 2 is 1.92 bits per heavy atom. The van der Waals surface area contributed by atoms with E-state index in [0.29, 0.717) is 34.2 Å². The lowest BCUT2D eigenvalue weighted by Crippen LogP contribution is -2.12. The van der Waals surface area contributed by atoms with Crippen molar-refractivity contribution in [1.29, 1.82) is 0 Å². The molecule has 0 unspecified atom stereocenters. The van der Waals surface area contributed by atoms with Crippen LogP contribution in [0.2, 0.25) is 0 Å². The summed E-state index contributed by atoms with van der Waals surface area (Å²) in [6.45, 7) is 4.11. The second-order valence-corrected chi connectivity index (χ2v) is 11.0. The molecule has 4 N–H and O–H groups in total. The first-order chi connectivity index (χ1) is 17.7. The van der Waals surface area contributed by atoms with Gasteiger partial charge in [0, 0.05) is 40.6 Å². The second-order valence-electron chi connectivity index (χ2n) is 8.62. The zero-order valence-electron chi connectivity index (χ0n) is 19.7. The zero-order valence-corrected chi connectivity index (χ0v) is 22.1. The molecule has 0 saturated carbocycles. The van der Waals surface area contributed by atoms with Crippen molar-refractivity contribution in [3.8, 4) is 28.6 Å². The first-order valence-corrected chi connectivity index (χ1v) is 13.6. The van der Waals surface area contributed by atoms with Gasteiger partial charge in [-0.05, 0) is 66.2 Å². The smallest absolute Gasteiger partial charge is 0.238 e. The van der Waals surface area contributed by atoms with Gasteiger partial charge in [0.2, 0.25) is 16.8 Å². The summed E-state index contributed by atoms with van der Waals surface area (Å²) >= 11 is 3.59.